The monoisotopic (exact) mass is 315 g/mol. The largest absolute Gasteiger partial charge is 0.389 e. The highest BCUT2D eigenvalue weighted by Crippen LogP contribution is 2.42. The van der Waals surface area contributed by atoms with E-state index in [1.807, 2.05) is 11.1 Å². The molecule has 2 heterocycles. The number of fused-ring (bicyclic) bond motifs is 1. The molecule has 1 amide bonds. The van der Waals surface area contributed by atoms with Crippen LogP contribution < -0.4 is 0 Å². The quantitative estimate of drug-likeness (QED) is 0.903. The first-order valence-corrected chi connectivity index (χ1v) is 8.95. The van der Waals surface area contributed by atoms with Gasteiger partial charge in [0.15, 0.2) is 0 Å². The topological polar surface area (TPSA) is 66.3 Å². The van der Waals surface area contributed by atoms with Gasteiger partial charge in [-0.15, -0.1) is 0 Å². The SMILES string of the molecule is O=C(C1CCc2ncncc2C1)N1CCC(O)(C2CCC2)CC1. The van der Waals surface area contributed by atoms with Gasteiger partial charge >= 0.3 is 0 Å². The third-order valence-corrected chi connectivity index (χ3v) is 6.23. The zero-order chi connectivity index (χ0) is 15.9. The summed E-state index contributed by atoms with van der Waals surface area (Å²) in [4.78, 5) is 23.2. The average molecular weight is 315 g/mol. The molecule has 5 nitrogen and oxygen atoms in total. The summed E-state index contributed by atoms with van der Waals surface area (Å²) < 4.78 is 0. The summed E-state index contributed by atoms with van der Waals surface area (Å²) in [7, 11) is 0. The van der Waals surface area contributed by atoms with E-state index in [4.69, 9.17) is 0 Å². The fourth-order valence-corrected chi connectivity index (χ4v) is 4.39. The molecule has 0 aromatic carbocycles. The molecule has 1 aromatic heterocycles. The molecule has 1 saturated heterocycles. The van der Waals surface area contributed by atoms with Crippen molar-refractivity contribution in [3.8, 4) is 0 Å². The van der Waals surface area contributed by atoms with Crippen LogP contribution in [0.5, 0.6) is 0 Å². The molecule has 1 unspecified atom stereocenters. The van der Waals surface area contributed by atoms with E-state index < -0.39 is 5.60 Å². The van der Waals surface area contributed by atoms with Crippen LogP contribution in [-0.4, -0.2) is 44.6 Å². The van der Waals surface area contributed by atoms with Gasteiger partial charge in [0.1, 0.15) is 6.33 Å². The Morgan fingerprint density at radius 1 is 1.26 bits per heavy atom. The fraction of sp³-hybridized carbons (Fsp3) is 0.722. The molecule has 1 atom stereocenters. The van der Waals surface area contributed by atoms with Crippen molar-refractivity contribution in [2.24, 2.45) is 11.8 Å². The molecular formula is C18H25N3O2. The summed E-state index contributed by atoms with van der Waals surface area (Å²) in [5.41, 5.74) is 1.71. The summed E-state index contributed by atoms with van der Waals surface area (Å²) in [5, 5.41) is 10.8. The first-order valence-electron chi connectivity index (χ1n) is 8.95. The number of likely N-dealkylation sites (tertiary alicyclic amines) is 1. The lowest BCUT2D eigenvalue weighted by Gasteiger charge is -2.47. The van der Waals surface area contributed by atoms with Crippen molar-refractivity contribution in [1.29, 1.82) is 0 Å². The number of aromatic nitrogens is 2. The van der Waals surface area contributed by atoms with E-state index in [2.05, 4.69) is 9.97 Å². The second-order valence-corrected chi connectivity index (χ2v) is 7.49. The number of piperidine rings is 1. The molecule has 1 saturated carbocycles. The second-order valence-electron chi connectivity index (χ2n) is 7.49. The summed E-state index contributed by atoms with van der Waals surface area (Å²) in [5.74, 6) is 0.789. The number of aryl methyl sites for hydroxylation is 1. The van der Waals surface area contributed by atoms with Gasteiger partial charge in [0, 0.05) is 30.9 Å². The van der Waals surface area contributed by atoms with Crippen molar-refractivity contribution in [3.63, 3.8) is 0 Å². The van der Waals surface area contributed by atoms with Crippen LogP contribution in [0.3, 0.4) is 0 Å². The van der Waals surface area contributed by atoms with Gasteiger partial charge in [-0.3, -0.25) is 4.79 Å². The van der Waals surface area contributed by atoms with Gasteiger partial charge in [-0.2, -0.15) is 0 Å². The van der Waals surface area contributed by atoms with Crippen LogP contribution in [0.4, 0.5) is 0 Å². The van der Waals surface area contributed by atoms with E-state index >= 15 is 0 Å². The van der Waals surface area contributed by atoms with E-state index in [1.165, 1.54) is 6.42 Å². The summed E-state index contributed by atoms with van der Waals surface area (Å²) in [6.07, 6.45) is 11.0. The summed E-state index contributed by atoms with van der Waals surface area (Å²) >= 11 is 0. The molecular weight excluding hydrogens is 290 g/mol. The number of hydrogen-bond acceptors (Lipinski definition) is 4. The average Bonchev–Trinajstić information content (AvgIpc) is 2.52. The van der Waals surface area contributed by atoms with E-state index in [1.54, 1.807) is 6.33 Å². The molecule has 0 spiro atoms. The zero-order valence-electron chi connectivity index (χ0n) is 13.6. The molecule has 1 aromatic rings. The minimum absolute atomic E-state index is 0.0587. The third kappa shape index (κ3) is 2.75. The molecule has 4 rings (SSSR count). The maximum Gasteiger partial charge on any atom is 0.226 e. The highest BCUT2D eigenvalue weighted by Gasteiger charge is 2.43. The third-order valence-electron chi connectivity index (χ3n) is 6.23. The number of carbonyl (C=O) groups is 1. The highest BCUT2D eigenvalue weighted by molar-refractivity contribution is 5.79. The van der Waals surface area contributed by atoms with Gasteiger partial charge in [0.2, 0.25) is 5.91 Å². The van der Waals surface area contributed by atoms with Crippen LogP contribution in [0, 0.1) is 11.8 Å². The van der Waals surface area contributed by atoms with Gasteiger partial charge in [-0.1, -0.05) is 6.42 Å². The molecule has 0 radical (unpaired) electrons. The molecule has 2 aliphatic carbocycles. The van der Waals surface area contributed by atoms with Gasteiger partial charge in [-0.25, -0.2) is 9.97 Å². The van der Waals surface area contributed by atoms with Crippen molar-refractivity contribution >= 4 is 5.91 Å². The number of rotatable bonds is 2. The lowest BCUT2D eigenvalue weighted by Crippen LogP contribution is -2.53. The molecule has 1 N–H and O–H groups in total. The van der Waals surface area contributed by atoms with Crippen molar-refractivity contribution in [1.82, 2.24) is 14.9 Å². The Hall–Kier alpha value is -1.49. The Morgan fingerprint density at radius 2 is 2.04 bits per heavy atom. The molecule has 3 aliphatic rings. The zero-order valence-corrected chi connectivity index (χ0v) is 13.6. The Kier molecular flexibility index (Phi) is 3.84. The summed E-state index contributed by atoms with van der Waals surface area (Å²) in [6.45, 7) is 1.42. The standard InChI is InChI=1S/C18H25N3O2/c22-17(13-4-5-16-14(10-13)11-19-12-20-16)21-8-6-18(23,7-9-21)15-2-1-3-15/h11-13,15,23H,1-10H2. The Labute approximate surface area is 137 Å². The molecule has 23 heavy (non-hydrogen) atoms. The van der Waals surface area contributed by atoms with Crippen LogP contribution in [-0.2, 0) is 17.6 Å². The summed E-state index contributed by atoms with van der Waals surface area (Å²) in [6, 6.07) is 0. The molecule has 0 bridgehead atoms. The van der Waals surface area contributed by atoms with Crippen molar-refractivity contribution in [2.45, 2.75) is 57.0 Å². The number of amides is 1. The normalized spacial score (nSPS) is 27.2. The first kappa shape index (κ1) is 15.1. The van der Waals surface area contributed by atoms with E-state index in [9.17, 15) is 9.90 Å². The minimum atomic E-state index is -0.512. The van der Waals surface area contributed by atoms with Gasteiger partial charge < -0.3 is 10.0 Å². The van der Waals surface area contributed by atoms with Crippen LogP contribution in [0.1, 0.15) is 49.8 Å². The van der Waals surface area contributed by atoms with E-state index in [0.29, 0.717) is 19.0 Å². The van der Waals surface area contributed by atoms with Crippen molar-refractivity contribution < 1.29 is 9.90 Å². The molecule has 2 fully saturated rings. The molecule has 124 valence electrons. The van der Waals surface area contributed by atoms with Crippen LogP contribution in [0.2, 0.25) is 0 Å². The fourth-order valence-electron chi connectivity index (χ4n) is 4.39. The molecule has 1 aliphatic heterocycles. The Bertz CT molecular complexity index is 592. The second kappa shape index (κ2) is 5.86. The highest BCUT2D eigenvalue weighted by atomic mass is 16.3. The predicted molar refractivity (Wildman–Crippen MR) is 85.7 cm³/mol. The Balaban J connectivity index is 1.37. The number of nitrogens with zero attached hydrogens (tertiary/aromatic N) is 3. The van der Waals surface area contributed by atoms with Crippen molar-refractivity contribution in [3.05, 3.63) is 23.8 Å². The van der Waals surface area contributed by atoms with Gasteiger partial charge in [-0.05, 0) is 56.4 Å². The lowest BCUT2D eigenvalue weighted by atomic mass is 9.68. The van der Waals surface area contributed by atoms with E-state index in [0.717, 1.165) is 56.2 Å². The van der Waals surface area contributed by atoms with Crippen molar-refractivity contribution in [2.75, 3.05) is 13.1 Å². The maximum absolute atomic E-state index is 12.8. The predicted octanol–water partition coefficient (Wildman–Crippen LogP) is 1.74. The lowest BCUT2D eigenvalue weighted by molar-refractivity contribution is -0.144. The van der Waals surface area contributed by atoms with Crippen LogP contribution in [0.25, 0.3) is 0 Å². The number of carbonyl (C=O) groups excluding carboxylic acids is 1. The van der Waals surface area contributed by atoms with Crippen LogP contribution >= 0.6 is 0 Å². The van der Waals surface area contributed by atoms with Crippen LogP contribution in [0.15, 0.2) is 12.5 Å². The smallest absolute Gasteiger partial charge is 0.226 e. The Morgan fingerprint density at radius 3 is 2.74 bits per heavy atom. The maximum atomic E-state index is 12.8. The minimum Gasteiger partial charge on any atom is -0.389 e. The number of aliphatic hydroxyl groups is 1. The van der Waals surface area contributed by atoms with Gasteiger partial charge in [0.25, 0.3) is 0 Å². The van der Waals surface area contributed by atoms with Gasteiger partial charge in [0.05, 0.1) is 5.60 Å². The molecule has 5 heteroatoms. The number of hydrogen-bond donors (Lipinski definition) is 1. The first-order chi connectivity index (χ1) is 11.2. The van der Waals surface area contributed by atoms with E-state index in [-0.39, 0.29) is 11.8 Å².